The summed E-state index contributed by atoms with van der Waals surface area (Å²) in [4.78, 5) is 26.6. The monoisotopic (exact) mass is 552 g/mol. The lowest BCUT2D eigenvalue weighted by Gasteiger charge is -2.22. The Morgan fingerprint density at radius 3 is 2.56 bits per heavy atom. The summed E-state index contributed by atoms with van der Waals surface area (Å²) >= 11 is 0. The molecule has 0 bridgehead atoms. The van der Waals surface area contributed by atoms with Crippen molar-refractivity contribution in [2.24, 2.45) is 5.41 Å². The summed E-state index contributed by atoms with van der Waals surface area (Å²) in [5, 5.41) is 12.7. The number of fused-ring (bicyclic) bond motifs is 1. The fourth-order valence-electron chi connectivity index (χ4n) is 4.96. The molecule has 1 fully saturated rings. The molecule has 5 rings (SSSR count). The van der Waals surface area contributed by atoms with Crippen molar-refractivity contribution in [2.45, 2.75) is 73.0 Å². The minimum absolute atomic E-state index is 0.242. The normalized spacial score (nSPS) is 13.2. The van der Waals surface area contributed by atoms with Crippen molar-refractivity contribution in [3.05, 3.63) is 82.1 Å². The summed E-state index contributed by atoms with van der Waals surface area (Å²) in [6.45, 7) is 10.5. The third kappa shape index (κ3) is 6.65. The van der Waals surface area contributed by atoms with Gasteiger partial charge in [0.25, 0.3) is 0 Å². The second-order valence-corrected chi connectivity index (χ2v) is 11.4. The number of rotatable bonds is 11. The highest BCUT2D eigenvalue weighted by Gasteiger charge is 2.31. The lowest BCUT2D eigenvalue weighted by atomic mass is 9.89. The van der Waals surface area contributed by atoms with Crippen molar-refractivity contribution in [1.29, 1.82) is 5.26 Å². The molecule has 3 aromatic heterocycles. The summed E-state index contributed by atoms with van der Waals surface area (Å²) < 4.78 is 13.5. The van der Waals surface area contributed by atoms with Gasteiger partial charge in [-0.25, -0.2) is 9.97 Å². The number of aromatic nitrogens is 4. The first kappa shape index (κ1) is 28.1. The molecule has 0 amide bonds. The number of hydrogen-bond donors (Lipinski definition) is 1. The molecule has 3 heterocycles. The van der Waals surface area contributed by atoms with Crippen molar-refractivity contribution in [2.75, 3.05) is 11.9 Å². The second kappa shape index (κ2) is 11.6. The zero-order valence-corrected chi connectivity index (χ0v) is 24.3. The molecular weight excluding hydrogens is 516 g/mol. The quantitative estimate of drug-likeness (QED) is 0.232. The van der Waals surface area contributed by atoms with Crippen molar-refractivity contribution in [3.8, 4) is 11.9 Å². The molecule has 0 aliphatic heterocycles. The smallest absolute Gasteiger partial charge is 0.311 e. The molecule has 212 valence electrons. The van der Waals surface area contributed by atoms with E-state index < -0.39 is 5.41 Å². The number of pyridine rings is 1. The van der Waals surface area contributed by atoms with Gasteiger partial charge in [-0.1, -0.05) is 6.07 Å². The molecule has 0 atom stereocenters. The van der Waals surface area contributed by atoms with Crippen LogP contribution in [0.25, 0.3) is 5.65 Å². The highest BCUT2D eigenvalue weighted by molar-refractivity contribution is 5.76. The Morgan fingerprint density at radius 1 is 1.12 bits per heavy atom. The van der Waals surface area contributed by atoms with Crippen LogP contribution in [-0.4, -0.2) is 31.9 Å². The number of ether oxygens (including phenoxy) is 2. The molecule has 1 N–H and O–H groups in total. The Kier molecular flexibility index (Phi) is 7.93. The average Bonchev–Trinajstić information content (AvgIpc) is 3.70. The van der Waals surface area contributed by atoms with E-state index in [9.17, 15) is 10.1 Å². The highest BCUT2D eigenvalue weighted by atomic mass is 16.5. The van der Waals surface area contributed by atoms with Gasteiger partial charge in [-0.05, 0) is 93.8 Å². The number of hydrogen-bond acceptors (Lipinski definition) is 8. The number of anilines is 1. The average molecular weight is 553 g/mol. The SMILES string of the molecule is CCOC(=O)C(C)(C)Cc1nc(NCc2c(C)cc(C#N)cc2C)cc(OCc2cn3cc(C4CC4)ccc3n2)n1. The Hall–Kier alpha value is -4.45. The Bertz CT molecular complexity index is 1610. The van der Waals surface area contributed by atoms with Crippen molar-refractivity contribution in [1.82, 2.24) is 19.4 Å². The van der Waals surface area contributed by atoms with E-state index in [-0.39, 0.29) is 19.0 Å². The number of nitrogens with zero attached hydrogens (tertiary/aromatic N) is 5. The van der Waals surface area contributed by atoms with E-state index in [1.54, 1.807) is 13.0 Å². The molecule has 9 nitrogen and oxygen atoms in total. The number of imidazole rings is 1. The first-order valence-corrected chi connectivity index (χ1v) is 14.0. The lowest BCUT2D eigenvalue weighted by Crippen LogP contribution is -2.30. The number of esters is 1. The van der Waals surface area contributed by atoms with Gasteiger partial charge in [0, 0.05) is 31.4 Å². The number of carbonyl (C=O) groups excluding carboxylic acids is 1. The fourth-order valence-corrected chi connectivity index (χ4v) is 4.96. The van der Waals surface area contributed by atoms with Crippen LogP contribution in [0.3, 0.4) is 0 Å². The Balaban J connectivity index is 1.37. The van der Waals surface area contributed by atoms with Crippen LogP contribution in [0, 0.1) is 30.6 Å². The predicted octanol–water partition coefficient (Wildman–Crippen LogP) is 5.81. The zero-order chi connectivity index (χ0) is 29.1. The van der Waals surface area contributed by atoms with E-state index in [0.29, 0.717) is 42.2 Å². The largest absolute Gasteiger partial charge is 0.471 e. The van der Waals surface area contributed by atoms with Crippen LogP contribution in [0.2, 0.25) is 0 Å². The van der Waals surface area contributed by atoms with Crippen LogP contribution in [0.1, 0.15) is 78.9 Å². The van der Waals surface area contributed by atoms with Gasteiger partial charge in [0.05, 0.1) is 29.3 Å². The van der Waals surface area contributed by atoms with Crippen molar-refractivity contribution >= 4 is 17.4 Å². The third-order valence-corrected chi connectivity index (χ3v) is 7.39. The number of nitrogens with one attached hydrogen (secondary N) is 1. The van der Waals surface area contributed by atoms with Gasteiger partial charge in [0.2, 0.25) is 5.88 Å². The number of nitriles is 1. The van der Waals surface area contributed by atoms with Crippen molar-refractivity contribution < 1.29 is 14.3 Å². The number of benzene rings is 1. The van der Waals surface area contributed by atoms with Crippen LogP contribution in [0.4, 0.5) is 5.82 Å². The van der Waals surface area contributed by atoms with E-state index in [0.717, 1.165) is 28.0 Å². The van der Waals surface area contributed by atoms with E-state index >= 15 is 0 Å². The number of aryl methyl sites for hydroxylation is 2. The lowest BCUT2D eigenvalue weighted by molar-refractivity contribution is -0.153. The molecule has 1 saturated carbocycles. The van der Waals surface area contributed by atoms with Crippen LogP contribution < -0.4 is 10.1 Å². The molecule has 9 heteroatoms. The van der Waals surface area contributed by atoms with E-state index in [4.69, 9.17) is 19.4 Å². The Labute approximate surface area is 240 Å². The van der Waals surface area contributed by atoms with Gasteiger partial charge in [0.1, 0.15) is 23.9 Å². The molecule has 41 heavy (non-hydrogen) atoms. The maximum absolute atomic E-state index is 12.6. The summed E-state index contributed by atoms with van der Waals surface area (Å²) in [6.07, 6.45) is 6.92. The van der Waals surface area contributed by atoms with E-state index in [1.807, 2.05) is 52.1 Å². The topological polar surface area (TPSA) is 114 Å². The van der Waals surface area contributed by atoms with Gasteiger partial charge in [-0.2, -0.15) is 10.2 Å². The maximum atomic E-state index is 12.6. The molecule has 0 saturated heterocycles. The van der Waals surface area contributed by atoms with Gasteiger partial charge >= 0.3 is 5.97 Å². The fraction of sp³-hybridized carbons (Fsp3) is 0.406. The Morgan fingerprint density at radius 2 is 1.88 bits per heavy atom. The van der Waals surface area contributed by atoms with Gasteiger partial charge in [-0.15, -0.1) is 0 Å². The van der Waals surface area contributed by atoms with E-state index in [1.165, 1.54) is 18.4 Å². The van der Waals surface area contributed by atoms with Gasteiger partial charge in [0.15, 0.2) is 0 Å². The van der Waals surface area contributed by atoms with E-state index in [2.05, 4.69) is 33.0 Å². The number of carbonyl (C=O) groups is 1. The minimum Gasteiger partial charge on any atom is -0.471 e. The van der Waals surface area contributed by atoms with Crippen molar-refractivity contribution in [3.63, 3.8) is 0 Å². The minimum atomic E-state index is -0.812. The molecule has 1 aliphatic carbocycles. The molecule has 1 aromatic carbocycles. The molecule has 4 aromatic rings. The van der Waals surface area contributed by atoms with Crippen LogP contribution >= 0.6 is 0 Å². The molecule has 0 radical (unpaired) electrons. The summed E-state index contributed by atoms with van der Waals surface area (Å²) in [5.41, 5.74) is 5.99. The first-order chi connectivity index (χ1) is 19.6. The molecular formula is C32H36N6O3. The molecule has 1 aliphatic rings. The summed E-state index contributed by atoms with van der Waals surface area (Å²) in [7, 11) is 0. The third-order valence-electron chi connectivity index (χ3n) is 7.39. The summed E-state index contributed by atoms with van der Waals surface area (Å²) in [6, 6.07) is 11.9. The predicted molar refractivity (Wildman–Crippen MR) is 156 cm³/mol. The molecule has 0 spiro atoms. The first-order valence-electron chi connectivity index (χ1n) is 14.0. The van der Waals surface area contributed by atoms with Crippen LogP contribution in [-0.2, 0) is 29.1 Å². The highest BCUT2D eigenvalue weighted by Crippen LogP contribution is 2.39. The maximum Gasteiger partial charge on any atom is 0.311 e. The standard InChI is InChI=1S/C32H36N6O3/c1-6-40-31(39)32(4,5)14-28-36-27(34-16-26-20(2)11-22(15-33)12-21(26)3)13-30(37-28)41-19-25-18-38-17-24(23-7-8-23)9-10-29(38)35-25/h9-13,17-18,23H,6-8,14,16,19H2,1-5H3,(H,34,36,37). The summed E-state index contributed by atoms with van der Waals surface area (Å²) in [5.74, 6) is 1.81. The second-order valence-electron chi connectivity index (χ2n) is 11.4. The van der Waals surface area contributed by atoms with Crippen LogP contribution in [0.5, 0.6) is 5.88 Å². The zero-order valence-electron chi connectivity index (χ0n) is 24.3. The van der Waals surface area contributed by atoms with Crippen LogP contribution in [0.15, 0.2) is 42.7 Å². The van der Waals surface area contributed by atoms with Gasteiger partial charge in [-0.3, -0.25) is 4.79 Å². The molecule has 0 unspecified atom stereocenters. The van der Waals surface area contributed by atoms with Gasteiger partial charge < -0.3 is 19.2 Å².